The van der Waals surface area contributed by atoms with Crippen molar-refractivity contribution in [2.45, 2.75) is 25.8 Å². The maximum atomic E-state index is 13.1. The number of hydrogen-bond donors (Lipinski definition) is 2. The molecule has 1 fully saturated rings. The van der Waals surface area contributed by atoms with Gasteiger partial charge in [0.25, 0.3) is 5.91 Å². The van der Waals surface area contributed by atoms with Crippen LogP contribution in [0.3, 0.4) is 0 Å². The molecule has 0 bridgehead atoms. The lowest BCUT2D eigenvalue weighted by atomic mass is 10.0. The van der Waals surface area contributed by atoms with Gasteiger partial charge in [-0.1, -0.05) is 18.2 Å². The highest BCUT2D eigenvalue weighted by atomic mass is 16.1. The number of carbonyl (C=O) groups is 1. The van der Waals surface area contributed by atoms with Gasteiger partial charge in [-0.2, -0.15) is 5.10 Å². The molecule has 0 saturated carbocycles. The number of hydrogen-bond acceptors (Lipinski definition) is 5. The largest absolute Gasteiger partial charge is 0.370 e. The molecule has 1 saturated heterocycles. The van der Waals surface area contributed by atoms with Crippen LogP contribution in [0, 0.1) is 0 Å². The van der Waals surface area contributed by atoms with Gasteiger partial charge in [-0.25, -0.2) is 0 Å². The molecule has 2 N–H and O–H groups in total. The average molecular weight is 455 g/mol. The van der Waals surface area contributed by atoms with Crippen LogP contribution in [-0.2, 0) is 6.54 Å². The van der Waals surface area contributed by atoms with Crippen LogP contribution in [0.25, 0.3) is 22.0 Å². The van der Waals surface area contributed by atoms with Crippen LogP contribution < -0.4 is 10.2 Å². The molecule has 2 aromatic carbocycles. The second kappa shape index (κ2) is 9.65. The molecule has 34 heavy (non-hydrogen) atoms. The summed E-state index contributed by atoms with van der Waals surface area (Å²) in [5.74, 6) is -0.231. The number of rotatable bonds is 6. The first-order chi connectivity index (χ1) is 16.6. The van der Waals surface area contributed by atoms with Gasteiger partial charge in [0.1, 0.15) is 0 Å². The Kier molecular flexibility index (Phi) is 6.27. The van der Waals surface area contributed by atoms with E-state index in [-0.39, 0.29) is 5.91 Å². The molecule has 0 aliphatic carbocycles. The van der Waals surface area contributed by atoms with Gasteiger partial charge in [0.15, 0.2) is 5.69 Å². The molecule has 1 amide bonds. The lowest BCUT2D eigenvalue weighted by Gasteiger charge is -2.28. The summed E-state index contributed by atoms with van der Waals surface area (Å²) < 4.78 is 0. The zero-order chi connectivity index (χ0) is 23.5. The Labute approximate surface area is 199 Å². The number of anilines is 2. The van der Waals surface area contributed by atoms with Crippen molar-refractivity contribution in [3.8, 4) is 11.1 Å². The first-order valence-corrected chi connectivity index (χ1v) is 11.8. The number of nitrogens with one attached hydrogen (secondary N) is 2. The molecule has 4 aromatic rings. The van der Waals surface area contributed by atoms with E-state index in [1.807, 2.05) is 62.9 Å². The Morgan fingerprint density at radius 3 is 2.71 bits per heavy atom. The Bertz CT molecular complexity index is 1310. The van der Waals surface area contributed by atoms with Crippen molar-refractivity contribution >= 4 is 28.2 Å². The topological polar surface area (TPSA) is 77.1 Å². The lowest BCUT2D eigenvalue weighted by Crippen LogP contribution is -2.29. The van der Waals surface area contributed by atoms with E-state index in [1.165, 1.54) is 19.3 Å². The number of nitrogens with zero attached hydrogens (tertiary/aromatic N) is 4. The highest BCUT2D eigenvalue weighted by molar-refractivity contribution is 6.11. The van der Waals surface area contributed by atoms with Crippen LogP contribution in [-0.4, -0.2) is 53.2 Å². The van der Waals surface area contributed by atoms with Gasteiger partial charge in [-0.05, 0) is 74.8 Å². The number of amides is 1. The maximum absolute atomic E-state index is 13.1. The normalized spacial score (nSPS) is 14.0. The monoisotopic (exact) mass is 454 g/mol. The number of fused-ring (bicyclic) bond motifs is 1. The Hall–Kier alpha value is -3.71. The molecule has 0 spiro atoms. The summed E-state index contributed by atoms with van der Waals surface area (Å²) in [6, 6.07) is 16.1. The highest BCUT2D eigenvalue weighted by Crippen LogP contribution is 2.29. The SMILES string of the molecule is CN(C)Cc1cccc(NC(=O)c2n[nH]c3ccc(-c4cncc(N5CCCCC5)c4)cc23)c1. The first-order valence-electron chi connectivity index (χ1n) is 11.8. The van der Waals surface area contributed by atoms with Gasteiger partial charge in [-0.15, -0.1) is 0 Å². The van der Waals surface area contributed by atoms with Crippen molar-refractivity contribution in [2.24, 2.45) is 0 Å². The second-order valence-corrected chi connectivity index (χ2v) is 9.20. The minimum atomic E-state index is -0.231. The smallest absolute Gasteiger partial charge is 0.276 e. The van der Waals surface area contributed by atoms with Gasteiger partial charge in [-0.3, -0.25) is 14.9 Å². The molecule has 5 rings (SSSR count). The fourth-order valence-electron chi connectivity index (χ4n) is 4.58. The number of aromatic amines is 1. The number of aromatic nitrogens is 3. The van der Waals surface area contributed by atoms with Crippen LogP contribution in [0.15, 0.2) is 60.9 Å². The molecule has 1 aliphatic heterocycles. The van der Waals surface area contributed by atoms with Crippen molar-refractivity contribution in [2.75, 3.05) is 37.4 Å². The molecular weight excluding hydrogens is 424 g/mol. The summed E-state index contributed by atoms with van der Waals surface area (Å²) in [5, 5.41) is 11.1. The molecule has 1 aliphatic rings. The summed E-state index contributed by atoms with van der Waals surface area (Å²) in [6.07, 6.45) is 7.56. The van der Waals surface area contributed by atoms with Crippen molar-refractivity contribution < 1.29 is 4.79 Å². The average Bonchev–Trinajstić information content (AvgIpc) is 3.28. The van der Waals surface area contributed by atoms with E-state index in [2.05, 4.69) is 42.4 Å². The first kappa shape index (κ1) is 22.1. The van der Waals surface area contributed by atoms with Crippen LogP contribution >= 0.6 is 0 Å². The summed E-state index contributed by atoms with van der Waals surface area (Å²) in [6.45, 7) is 2.96. The summed E-state index contributed by atoms with van der Waals surface area (Å²) in [5.41, 5.74) is 6.31. The van der Waals surface area contributed by atoms with E-state index >= 15 is 0 Å². The van der Waals surface area contributed by atoms with Crippen LogP contribution in [0.1, 0.15) is 35.3 Å². The molecule has 0 radical (unpaired) electrons. The molecule has 2 aromatic heterocycles. The van der Waals surface area contributed by atoms with Crippen LogP contribution in [0.4, 0.5) is 11.4 Å². The van der Waals surface area contributed by atoms with Crippen molar-refractivity contribution in [3.05, 3.63) is 72.2 Å². The molecule has 0 atom stereocenters. The number of carbonyl (C=O) groups excluding carboxylic acids is 1. The third-order valence-electron chi connectivity index (χ3n) is 6.24. The predicted molar refractivity (Wildman–Crippen MR) is 137 cm³/mol. The van der Waals surface area contributed by atoms with Crippen LogP contribution in [0.2, 0.25) is 0 Å². The van der Waals surface area contributed by atoms with Crippen LogP contribution in [0.5, 0.6) is 0 Å². The molecular formula is C27H30N6O. The predicted octanol–water partition coefficient (Wildman–Crippen LogP) is 4.93. The van der Waals surface area contributed by atoms with Gasteiger partial charge >= 0.3 is 0 Å². The number of benzene rings is 2. The zero-order valence-corrected chi connectivity index (χ0v) is 19.7. The number of piperidine rings is 1. The highest BCUT2D eigenvalue weighted by Gasteiger charge is 2.17. The van der Waals surface area contributed by atoms with Gasteiger partial charge in [0.05, 0.1) is 17.4 Å². The van der Waals surface area contributed by atoms with Crippen molar-refractivity contribution in [3.63, 3.8) is 0 Å². The summed E-state index contributed by atoms with van der Waals surface area (Å²) in [7, 11) is 4.05. The molecule has 174 valence electrons. The maximum Gasteiger partial charge on any atom is 0.276 e. The summed E-state index contributed by atoms with van der Waals surface area (Å²) >= 11 is 0. The van der Waals surface area contributed by atoms with E-state index in [9.17, 15) is 4.79 Å². The summed E-state index contributed by atoms with van der Waals surface area (Å²) in [4.78, 5) is 22.1. The molecule has 7 heteroatoms. The number of H-pyrrole nitrogens is 1. The second-order valence-electron chi connectivity index (χ2n) is 9.20. The zero-order valence-electron chi connectivity index (χ0n) is 19.7. The van der Waals surface area contributed by atoms with Gasteiger partial charge in [0.2, 0.25) is 0 Å². The standard InChI is InChI=1S/C27H30N6O/c1-32(2)18-19-7-6-8-22(13-19)29-27(34)26-24-15-20(9-10-25(24)30-31-26)21-14-23(17-28-16-21)33-11-4-3-5-12-33/h6-10,13-17H,3-5,11-12,18H2,1-2H3,(H,29,34)(H,30,31). The Morgan fingerprint density at radius 2 is 1.88 bits per heavy atom. The number of pyridine rings is 1. The van der Waals surface area contributed by atoms with E-state index in [4.69, 9.17) is 0 Å². The van der Waals surface area contributed by atoms with Gasteiger partial charge < -0.3 is 15.1 Å². The van der Waals surface area contributed by atoms with Gasteiger partial charge in [0, 0.05) is 42.5 Å². The third-order valence-corrected chi connectivity index (χ3v) is 6.24. The quantitative estimate of drug-likeness (QED) is 0.432. The minimum absolute atomic E-state index is 0.231. The third kappa shape index (κ3) is 4.79. The van der Waals surface area contributed by atoms with E-state index in [0.29, 0.717) is 5.69 Å². The fraction of sp³-hybridized carbons (Fsp3) is 0.296. The Morgan fingerprint density at radius 1 is 1.03 bits per heavy atom. The van der Waals surface area contributed by atoms with Crippen molar-refractivity contribution in [1.29, 1.82) is 0 Å². The molecule has 7 nitrogen and oxygen atoms in total. The lowest BCUT2D eigenvalue weighted by molar-refractivity contribution is 0.102. The molecule has 0 unspecified atom stereocenters. The minimum Gasteiger partial charge on any atom is -0.370 e. The molecule has 3 heterocycles. The van der Waals surface area contributed by atoms with E-state index in [0.717, 1.165) is 58.6 Å². The Balaban J connectivity index is 1.41. The fourth-order valence-corrected chi connectivity index (χ4v) is 4.58. The van der Waals surface area contributed by atoms with E-state index in [1.54, 1.807) is 0 Å². The van der Waals surface area contributed by atoms with E-state index < -0.39 is 0 Å². The van der Waals surface area contributed by atoms with Crippen molar-refractivity contribution in [1.82, 2.24) is 20.1 Å².